The van der Waals surface area contributed by atoms with Crippen LogP contribution in [0.3, 0.4) is 0 Å². The van der Waals surface area contributed by atoms with Crippen LogP contribution in [0, 0.1) is 0 Å². The minimum absolute atomic E-state index is 0.272. The summed E-state index contributed by atoms with van der Waals surface area (Å²) in [6, 6.07) is 0.272. The maximum absolute atomic E-state index is 11.0. The monoisotopic (exact) mass is 172 g/mol. The van der Waals surface area contributed by atoms with Crippen LogP contribution in [-0.4, -0.2) is 43.8 Å². The van der Waals surface area contributed by atoms with E-state index in [1.54, 1.807) is 6.92 Å². The predicted octanol–water partition coefficient (Wildman–Crippen LogP) is 0.437. The summed E-state index contributed by atoms with van der Waals surface area (Å²) in [6.45, 7) is 4.23. The van der Waals surface area contributed by atoms with Gasteiger partial charge >= 0.3 is 6.09 Å². The molecule has 1 N–H and O–H groups in total. The van der Waals surface area contributed by atoms with Crippen molar-refractivity contribution in [2.24, 2.45) is 0 Å². The van der Waals surface area contributed by atoms with E-state index in [-0.39, 0.29) is 12.1 Å². The first-order valence-electron chi connectivity index (χ1n) is 4.34. The van der Waals surface area contributed by atoms with Crippen LogP contribution >= 0.6 is 0 Å². The number of nitrogens with zero attached hydrogens (tertiary/aromatic N) is 1. The Morgan fingerprint density at radius 1 is 1.75 bits per heavy atom. The molecular weight excluding hydrogens is 156 g/mol. The molecule has 0 saturated carbocycles. The zero-order chi connectivity index (χ0) is 8.97. The van der Waals surface area contributed by atoms with Gasteiger partial charge in [0.1, 0.15) is 0 Å². The van der Waals surface area contributed by atoms with Gasteiger partial charge in [0.15, 0.2) is 0 Å². The van der Waals surface area contributed by atoms with Crippen molar-refractivity contribution in [2.45, 2.75) is 19.4 Å². The smallest absolute Gasteiger partial charge is 0.407 e. The van der Waals surface area contributed by atoms with Gasteiger partial charge in [-0.05, 0) is 26.9 Å². The lowest BCUT2D eigenvalue weighted by Crippen LogP contribution is -2.36. The van der Waals surface area contributed by atoms with Gasteiger partial charge in [0.2, 0.25) is 0 Å². The lowest BCUT2D eigenvalue weighted by Gasteiger charge is -2.11. The van der Waals surface area contributed by atoms with Crippen LogP contribution in [0.2, 0.25) is 0 Å². The number of nitrogens with one attached hydrogen (secondary N) is 1. The van der Waals surface area contributed by atoms with Crippen molar-refractivity contribution >= 4 is 6.09 Å². The Morgan fingerprint density at radius 2 is 2.50 bits per heavy atom. The minimum Gasteiger partial charge on any atom is -0.450 e. The molecule has 0 aromatic rings. The largest absolute Gasteiger partial charge is 0.450 e. The Morgan fingerprint density at radius 3 is 3.00 bits per heavy atom. The highest BCUT2D eigenvalue weighted by atomic mass is 16.5. The zero-order valence-electron chi connectivity index (χ0n) is 7.67. The molecule has 0 aromatic heterocycles. The molecule has 70 valence electrons. The predicted molar refractivity (Wildman–Crippen MR) is 46.1 cm³/mol. The van der Waals surface area contributed by atoms with Crippen LogP contribution in [0.5, 0.6) is 0 Å². The number of likely N-dealkylation sites (N-methyl/N-ethyl adjacent to an activating group) is 1. The lowest BCUT2D eigenvalue weighted by atomic mass is 10.3. The number of hydrogen-bond donors (Lipinski definition) is 1. The molecule has 0 radical (unpaired) electrons. The van der Waals surface area contributed by atoms with Crippen molar-refractivity contribution in [1.82, 2.24) is 10.2 Å². The standard InChI is InChI=1S/C8H16N2O2/c1-3-12-8(11)9-7-4-5-10(2)6-7/h7H,3-6H2,1-2H3,(H,9,11). The number of ether oxygens (including phenoxy) is 1. The summed E-state index contributed by atoms with van der Waals surface area (Å²) in [5.74, 6) is 0. The molecule has 1 amide bonds. The van der Waals surface area contributed by atoms with E-state index in [4.69, 9.17) is 4.74 Å². The second-order valence-corrected chi connectivity index (χ2v) is 3.11. The molecule has 0 aliphatic carbocycles. The van der Waals surface area contributed by atoms with Crippen LogP contribution in [-0.2, 0) is 4.74 Å². The summed E-state index contributed by atoms with van der Waals surface area (Å²) < 4.78 is 4.77. The van der Waals surface area contributed by atoms with Gasteiger partial charge in [-0.25, -0.2) is 4.79 Å². The van der Waals surface area contributed by atoms with E-state index in [2.05, 4.69) is 10.2 Å². The zero-order valence-corrected chi connectivity index (χ0v) is 7.67. The maximum Gasteiger partial charge on any atom is 0.407 e. The molecular formula is C8H16N2O2. The van der Waals surface area contributed by atoms with E-state index < -0.39 is 0 Å². The molecule has 1 aliphatic rings. The molecule has 12 heavy (non-hydrogen) atoms. The number of rotatable bonds is 2. The highest BCUT2D eigenvalue weighted by Crippen LogP contribution is 2.05. The Kier molecular flexibility index (Phi) is 3.34. The third-order valence-electron chi connectivity index (χ3n) is 1.99. The van der Waals surface area contributed by atoms with E-state index in [9.17, 15) is 4.79 Å². The Labute approximate surface area is 72.9 Å². The summed E-state index contributed by atoms with van der Waals surface area (Å²) in [5.41, 5.74) is 0. The third-order valence-corrected chi connectivity index (χ3v) is 1.99. The summed E-state index contributed by atoms with van der Waals surface area (Å²) in [6.07, 6.45) is 0.729. The van der Waals surface area contributed by atoms with Gasteiger partial charge in [0, 0.05) is 12.6 Å². The fourth-order valence-corrected chi connectivity index (χ4v) is 1.39. The third kappa shape index (κ3) is 2.70. The summed E-state index contributed by atoms with van der Waals surface area (Å²) in [4.78, 5) is 13.1. The van der Waals surface area contributed by atoms with Crippen molar-refractivity contribution in [1.29, 1.82) is 0 Å². The highest BCUT2D eigenvalue weighted by molar-refractivity contribution is 5.67. The number of hydrogen-bond acceptors (Lipinski definition) is 3. The summed E-state index contributed by atoms with van der Waals surface area (Å²) in [5, 5.41) is 2.81. The van der Waals surface area contributed by atoms with Crippen LogP contribution in [0.4, 0.5) is 4.79 Å². The van der Waals surface area contributed by atoms with Crippen LogP contribution in [0.1, 0.15) is 13.3 Å². The van der Waals surface area contributed by atoms with Gasteiger partial charge in [0.25, 0.3) is 0 Å². The number of amides is 1. The minimum atomic E-state index is -0.294. The van der Waals surface area contributed by atoms with Crippen molar-refractivity contribution in [3.05, 3.63) is 0 Å². The molecule has 4 heteroatoms. The molecule has 1 heterocycles. The normalized spacial score (nSPS) is 24.0. The van der Waals surface area contributed by atoms with Crippen LogP contribution < -0.4 is 5.32 Å². The summed E-state index contributed by atoms with van der Waals surface area (Å²) in [7, 11) is 2.05. The molecule has 0 spiro atoms. The van der Waals surface area contributed by atoms with E-state index in [1.807, 2.05) is 7.05 Å². The second kappa shape index (κ2) is 4.30. The Bertz CT molecular complexity index is 161. The van der Waals surface area contributed by atoms with Gasteiger partial charge in [-0.1, -0.05) is 0 Å². The first-order valence-corrected chi connectivity index (χ1v) is 4.34. The molecule has 1 saturated heterocycles. The van der Waals surface area contributed by atoms with Gasteiger partial charge in [-0.2, -0.15) is 0 Å². The highest BCUT2D eigenvalue weighted by Gasteiger charge is 2.20. The number of likely N-dealkylation sites (tertiary alicyclic amines) is 1. The molecule has 1 fully saturated rings. The van der Waals surface area contributed by atoms with E-state index >= 15 is 0 Å². The van der Waals surface area contributed by atoms with Gasteiger partial charge < -0.3 is 15.0 Å². The average molecular weight is 172 g/mol. The second-order valence-electron chi connectivity index (χ2n) is 3.11. The Balaban J connectivity index is 2.18. The van der Waals surface area contributed by atoms with Crippen molar-refractivity contribution in [3.63, 3.8) is 0 Å². The Hall–Kier alpha value is -0.770. The SMILES string of the molecule is CCOC(=O)NC1CCN(C)C1. The number of carbonyl (C=O) groups is 1. The van der Waals surface area contributed by atoms with Crippen molar-refractivity contribution < 1.29 is 9.53 Å². The molecule has 1 atom stereocenters. The quantitative estimate of drug-likeness (QED) is 0.657. The molecule has 4 nitrogen and oxygen atoms in total. The van der Waals surface area contributed by atoms with Crippen molar-refractivity contribution in [2.75, 3.05) is 26.7 Å². The van der Waals surface area contributed by atoms with Gasteiger partial charge in [-0.15, -0.1) is 0 Å². The van der Waals surface area contributed by atoms with Crippen molar-refractivity contribution in [3.8, 4) is 0 Å². The first-order chi connectivity index (χ1) is 5.72. The van der Waals surface area contributed by atoms with Crippen LogP contribution in [0.15, 0.2) is 0 Å². The fraction of sp³-hybridized carbons (Fsp3) is 0.875. The molecule has 0 aromatic carbocycles. The average Bonchev–Trinajstić information content (AvgIpc) is 2.36. The molecule has 1 unspecified atom stereocenters. The summed E-state index contributed by atoms with van der Waals surface area (Å²) >= 11 is 0. The number of alkyl carbamates (subject to hydrolysis) is 1. The van der Waals surface area contributed by atoms with Gasteiger partial charge in [0.05, 0.1) is 6.61 Å². The number of carbonyl (C=O) groups excluding carboxylic acids is 1. The molecule has 0 bridgehead atoms. The molecule has 1 aliphatic heterocycles. The van der Waals surface area contributed by atoms with Crippen LogP contribution in [0.25, 0.3) is 0 Å². The van der Waals surface area contributed by atoms with E-state index in [1.165, 1.54) is 0 Å². The van der Waals surface area contributed by atoms with E-state index in [0.717, 1.165) is 19.5 Å². The lowest BCUT2D eigenvalue weighted by molar-refractivity contribution is 0.148. The molecule has 1 rings (SSSR count). The maximum atomic E-state index is 11.0. The first kappa shape index (κ1) is 9.32. The van der Waals surface area contributed by atoms with Gasteiger partial charge in [-0.3, -0.25) is 0 Å². The van der Waals surface area contributed by atoms with E-state index in [0.29, 0.717) is 6.61 Å². The fourth-order valence-electron chi connectivity index (χ4n) is 1.39. The topological polar surface area (TPSA) is 41.6 Å².